The molecule has 1 aliphatic heterocycles. The first-order chi connectivity index (χ1) is 27.3. The van der Waals surface area contributed by atoms with Gasteiger partial charge in [-0.2, -0.15) is 0 Å². The van der Waals surface area contributed by atoms with E-state index in [0.29, 0.717) is 40.3 Å². The third-order valence-electron chi connectivity index (χ3n) is 10.4. The highest BCUT2D eigenvalue weighted by Crippen LogP contribution is 2.43. The van der Waals surface area contributed by atoms with E-state index in [2.05, 4.69) is 5.32 Å². The van der Waals surface area contributed by atoms with Crippen LogP contribution in [-0.4, -0.2) is 67.9 Å². The fourth-order valence-electron chi connectivity index (χ4n) is 7.65. The van der Waals surface area contributed by atoms with Crippen LogP contribution in [0.15, 0.2) is 97.1 Å². The van der Waals surface area contributed by atoms with E-state index in [4.69, 9.17) is 18.9 Å². The minimum Gasteiger partial charge on any atom is -0.497 e. The van der Waals surface area contributed by atoms with Gasteiger partial charge >= 0.3 is 11.9 Å². The molecular weight excluding hydrogens is 712 g/mol. The summed E-state index contributed by atoms with van der Waals surface area (Å²) in [5.74, 6) is -0.979. The SMILES string of the molecule is CCOC(=O)C[C@H]1[C@H](OC(=O)c2ccccc2-c2ccccc2)[C@@H](NC(=O)C2CCCCC2)c2cc(OCCCO)ccc2N1C(=O)Cc1ccc(OC)cc1. The Bertz CT molecular complexity index is 1960. The summed E-state index contributed by atoms with van der Waals surface area (Å²) in [7, 11) is 1.57. The number of aliphatic hydroxyl groups excluding tert-OH is 1. The molecule has 0 spiro atoms. The summed E-state index contributed by atoms with van der Waals surface area (Å²) in [6, 6.07) is 26.8. The number of amides is 2. The summed E-state index contributed by atoms with van der Waals surface area (Å²) in [6.07, 6.45) is 3.16. The van der Waals surface area contributed by atoms with Crippen molar-refractivity contribution in [3.05, 3.63) is 114 Å². The molecule has 294 valence electrons. The summed E-state index contributed by atoms with van der Waals surface area (Å²) in [6.45, 7) is 1.97. The molecule has 3 atom stereocenters. The van der Waals surface area contributed by atoms with Gasteiger partial charge in [-0.3, -0.25) is 14.4 Å². The fourth-order valence-corrected chi connectivity index (χ4v) is 7.65. The van der Waals surface area contributed by atoms with Crippen molar-refractivity contribution in [1.29, 1.82) is 0 Å². The molecule has 1 heterocycles. The average Bonchev–Trinajstić information content (AvgIpc) is 3.23. The number of nitrogens with one attached hydrogen (secondary N) is 1. The molecule has 2 amide bonds. The topological polar surface area (TPSA) is 141 Å². The minimum absolute atomic E-state index is 0.0475. The van der Waals surface area contributed by atoms with E-state index in [0.717, 1.165) is 37.7 Å². The number of anilines is 1. The van der Waals surface area contributed by atoms with Gasteiger partial charge in [0.2, 0.25) is 11.8 Å². The number of aliphatic hydroxyl groups is 1. The van der Waals surface area contributed by atoms with E-state index in [1.54, 1.807) is 68.6 Å². The number of rotatable bonds is 15. The van der Waals surface area contributed by atoms with Crippen molar-refractivity contribution in [2.45, 2.75) is 76.5 Å². The van der Waals surface area contributed by atoms with E-state index in [-0.39, 0.29) is 56.0 Å². The predicted molar refractivity (Wildman–Crippen MR) is 211 cm³/mol. The lowest BCUT2D eigenvalue weighted by Gasteiger charge is -2.46. The van der Waals surface area contributed by atoms with Crippen molar-refractivity contribution in [2.24, 2.45) is 5.92 Å². The Balaban J connectivity index is 1.49. The van der Waals surface area contributed by atoms with Gasteiger partial charge in [0.1, 0.15) is 17.6 Å². The van der Waals surface area contributed by atoms with Gasteiger partial charge in [0, 0.05) is 30.2 Å². The van der Waals surface area contributed by atoms with Crippen LogP contribution < -0.4 is 19.7 Å². The number of benzene rings is 4. The first-order valence-corrected chi connectivity index (χ1v) is 19.4. The van der Waals surface area contributed by atoms with Gasteiger partial charge in [-0.15, -0.1) is 0 Å². The third-order valence-corrected chi connectivity index (χ3v) is 10.4. The average molecular weight is 763 g/mol. The Morgan fingerprint density at radius 2 is 1.57 bits per heavy atom. The molecule has 11 heteroatoms. The Hall–Kier alpha value is -5.68. The summed E-state index contributed by atoms with van der Waals surface area (Å²) >= 11 is 0. The molecule has 4 aromatic carbocycles. The largest absolute Gasteiger partial charge is 0.497 e. The summed E-state index contributed by atoms with van der Waals surface area (Å²) in [4.78, 5) is 58.4. The fraction of sp³-hybridized carbons (Fsp3) is 0.378. The van der Waals surface area contributed by atoms with Crippen LogP contribution in [0.5, 0.6) is 11.5 Å². The van der Waals surface area contributed by atoms with Gasteiger partial charge in [-0.1, -0.05) is 79.9 Å². The van der Waals surface area contributed by atoms with Gasteiger partial charge < -0.3 is 34.3 Å². The van der Waals surface area contributed by atoms with Crippen LogP contribution in [0.2, 0.25) is 0 Å². The van der Waals surface area contributed by atoms with Crippen LogP contribution in [-0.2, 0) is 30.3 Å². The van der Waals surface area contributed by atoms with Crippen molar-refractivity contribution in [2.75, 3.05) is 31.8 Å². The smallest absolute Gasteiger partial charge is 0.339 e. The maximum Gasteiger partial charge on any atom is 0.339 e. The van der Waals surface area contributed by atoms with Gasteiger partial charge in [0.25, 0.3) is 0 Å². The molecule has 0 radical (unpaired) electrons. The Labute approximate surface area is 327 Å². The van der Waals surface area contributed by atoms with Crippen LogP contribution >= 0.6 is 0 Å². The van der Waals surface area contributed by atoms with Gasteiger partial charge in [0.15, 0.2) is 0 Å². The van der Waals surface area contributed by atoms with Gasteiger partial charge in [0.05, 0.1) is 50.8 Å². The van der Waals surface area contributed by atoms with Crippen molar-refractivity contribution in [1.82, 2.24) is 5.32 Å². The number of carbonyl (C=O) groups excluding carboxylic acids is 4. The summed E-state index contributed by atoms with van der Waals surface area (Å²) in [5.41, 5.74) is 3.38. The zero-order chi connectivity index (χ0) is 39.4. The molecule has 4 aromatic rings. The van der Waals surface area contributed by atoms with E-state index >= 15 is 0 Å². The highest BCUT2D eigenvalue weighted by atomic mass is 16.6. The maximum atomic E-state index is 14.7. The zero-order valence-corrected chi connectivity index (χ0v) is 32.0. The lowest BCUT2D eigenvalue weighted by atomic mass is 9.84. The van der Waals surface area contributed by atoms with E-state index in [1.165, 1.54) is 4.90 Å². The molecule has 2 N–H and O–H groups in total. The molecule has 0 saturated heterocycles. The molecule has 0 bridgehead atoms. The highest BCUT2D eigenvalue weighted by Gasteiger charge is 2.48. The van der Waals surface area contributed by atoms with Crippen LogP contribution in [0, 0.1) is 5.92 Å². The third kappa shape index (κ3) is 9.57. The van der Waals surface area contributed by atoms with Crippen molar-refractivity contribution >= 4 is 29.4 Å². The molecule has 1 aliphatic carbocycles. The first-order valence-electron chi connectivity index (χ1n) is 19.4. The number of ether oxygens (including phenoxy) is 4. The normalized spacial score (nSPS) is 18.0. The Morgan fingerprint density at radius 1 is 0.857 bits per heavy atom. The Kier molecular flexibility index (Phi) is 13.8. The molecule has 1 fully saturated rings. The second-order valence-electron chi connectivity index (χ2n) is 14.1. The highest BCUT2D eigenvalue weighted by molar-refractivity contribution is 6.00. The van der Waals surface area contributed by atoms with Crippen LogP contribution in [0.1, 0.15) is 79.4 Å². The zero-order valence-electron chi connectivity index (χ0n) is 32.0. The number of carbonyl (C=O) groups is 4. The molecule has 56 heavy (non-hydrogen) atoms. The van der Waals surface area contributed by atoms with E-state index in [1.807, 2.05) is 42.5 Å². The molecule has 6 rings (SSSR count). The van der Waals surface area contributed by atoms with E-state index < -0.39 is 30.1 Å². The monoisotopic (exact) mass is 762 g/mol. The molecular formula is C45H50N2O9. The lowest BCUT2D eigenvalue weighted by molar-refractivity contribution is -0.144. The lowest BCUT2D eigenvalue weighted by Crippen LogP contribution is -2.59. The number of nitrogens with zero attached hydrogens (tertiary/aromatic N) is 1. The second-order valence-corrected chi connectivity index (χ2v) is 14.1. The minimum atomic E-state index is -1.23. The second kappa shape index (κ2) is 19.3. The number of hydrogen-bond acceptors (Lipinski definition) is 9. The molecule has 0 unspecified atom stereocenters. The van der Waals surface area contributed by atoms with Gasteiger partial charge in [-0.25, -0.2) is 4.79 Å². The van der Waals surface area contributed by atoms with Crippen molar-refractivity contribution in [3.8, 4) is 22.6 Å². The number of esters is 2. The summed E-state index contributed by atoms with van der Waals surface area (Å²) < 4.78 is 23.3. The van der Waals surface area contributed by atoms with E-state index in [9.17, 15) is 24.3 Å². The van der Waals surface area contributed by atoms with Crippen LogP contribution in [0.3, 0.4) is 0 Å². The van der Waals surface area contributed by atoms with Crippen LogP contribution in [0.4, 0.5) is 5.69 Å². The quantitative estimate of drug-likeness (QED) is 0.0968. The molecule has 11 nitrogen and oxygen atoms in total. The number of hydrogen-bond donors (Lipinski definition) is 2. The van der Waals surface area contributed by atoms with Crippen LogP contribution in [0.25, 0.3) is 11.1 Å². The molecule has 1 saturated carbocycles. The molecule has 0 aromatic heterocycles. The number of fused-ring (bicyclic) bond motifs is 1. The van der Waals surface area contributed by atoms with Crippen molar-refractivity contribution < 1.29 is 43.2 Å². The maximum absolute atomic E-state index is 14.7. The van der Waals surface area contributed by atoms with Crippen molar-refractivity contribution in [3.63, 3.8) is 0 Å². The first kappa shape index (κ1) is 40.0. The standard InChI is InChI=1S/C45H50N2O9/c1-3-54-41(50)29-39-43(56-45(52)36-18-11-10-17-35(36)31-13-6-4-7-14-31)42(46-44(51)32-15-8-5-9-16-32)37-28-34(55-26-12-25-48)23-24-38(37)47(39)40(49)27-30-19-21-33(53-2)22-20-30/h4,6-7,10-11,13-14,17-24,28,32,39,42-43,48H,3,5,8-9,12,15-16,25-27,29H2,1-2H3,(H,46,51)/t39-,42-,43-/m0/s1. The Morgan fingerprint density at radius 3 is 2.29 bits per heavy atom. The summed E-state index contributed by atoms with van der Waals surface area (Å²) in [5, 5.41) is 12.7. The van der Waals surface area contributed by atoms with Gasteiger partial charge in [-0.05, 0) is 72.9 Å². The molecule has 2 aliphatic rings. The number of methoxy groups -OCH3 is 1. The predicted octanol–water partition coefficient (Wildman–Crippen LogP) is 7.00.